The van der Waals surface area contributed by atoms with Crippen LogP contribution in [0.15, 0.2) is 66.2 Å². The SMILES string of the molecule is COc1ccc([C@@H]2C3=C(CC(C)(C)CC3=O)Oc3ncn4nc(-c5ccc(Cl)cc5)nc4c32)cc1. The van der Waals surface area contributed by atoms with Gasteiger partial charge in [-0.1, -0.05) is 37.6 Å². The van der Waals surface area contributed by atoms with E-state index >= 15 is 0 Å². The maximum absolute atomic E-state index is 13.5. The van der Waals surface area contributed by atoms with Gasteiger partial charge in [0.15, 0.2) is 17.3 Å². The highest BCUT2D eigenvalue weighted by molar-refractivity contribution is 6.30. The van der Waals surface area contributed by atoms with E-state index < -0.39 is 0 Å². The molecule has 35 heavy (non-hydrogen) atoms. The van der Waals surface area contributed by atoms with E-state index in [-0.39, 0.29) is 17.1 Å². The van der Waals surface area contributed by atoms with Crippen molar-refractivity contribution < 1.29 is 14.3 Å². The Morgan fingerprint density at radius 1 is 1.09 bits per heavy atom. The van der Waals surface area contributed by atoms with Crippen molar-refractivity contribution in [3.05, 3.63) is 82.3 Å². The van der Waals surface area contributed by atoms with Crippen LogP contribution in [0.5, 0.6) is 11.6 Å². The van der Waals surface area contributed by atoms with Gasteiger partial charge in [0.1, 0.15) is 17.8 Å². The molecule has 4 aromatic rings. The van der Waals surface area contributed by atoms with Gasteiger partial charge in [0.2, 0.25) is 5.88 Å². The molecule has 0 amide bonds. The molecule has 2 aliphatic rings. The summed E-state index contributed by atoms with van der Waals surface area (Å²) < 4.78 is 13.3. The van der Waals surface area contributed by atoms with Crippen LogP contribution in [-0.4, -0.2) is 32.5 Å². The van der Waals surface area contributed by atoms with Crippen molar-refractivity contribution in [2.75, 3.05) is 7.11 Å². The lowest BCUT2D eigenvalue weighted by atomic mass is 9.70. The number of rotatable bonds is 3. The highest BCUT2D eigenvalue weighted by Crippen LogP contribution is 2.50. The second kappa shape index (κ2) is 7.92. The zero-order valence-electron chi connectivity index (χ0n) is 19.6. The van der Waals surface area contributed by atoms with Gasteiger partial charge in [0, 0.05) is 34.9 Å². The third-order valence-corrected chi connectivity index (χ3v) is 6.87. The molecule has 0 spiro atoms. The lowest BCUT2D eigenvalue weighted by molar-refractivity contribution is -0.118. The molecule has 2 aromatic carbocycles. The third-order valence-electron chi connectivity index (χ3n) is 6.61. The van der Waals surface area contributed by atoms with Gasteiger partial charge < -0.3 is 9.47 Å². The highest BCUT2D eigenvalue weighted by atomic mass is 35.5. The van der Waals surface area contributed by atoms with E-state index in [0.717, 1.165) is 22.4 Å². The minimum Gasteiger partial charge on any atom is -0.497 e. The van der Waals surface area contributed by atoms with Crippen LogP contribution in [0.25, 0.3) is 17.0 Å². The standard InChI is InChI=1S/C27H23ClN4O3/c1-27(2)12-19(33)22-20(13-27)35-26-23(21(22)15-6-10-18(34-3)11-7-15)25-30-24(31-32(25)14-29-26)16-4-8-17(28)9-5-16/h4-11,14,21H,12-13H2,1-3H3/t21-/m1/s1. The molecule has 1 aliphatic carbocycles. The van der Waals surface area contributed by atoms with Crippen molar-refractivity contribution in [2.24, 2.45) is 5.41 Å². The van der Waals surface area contributed by atoms with Crippen LogP contribution in [0.2, 0.25) is 5.02 Å². The van der Waals surface area contributed by atoms with Crippen molar-refractivity contribution in [1.82, 2.24) is 19.6 Å². The summed E-state index contributed by atoms with van der Waals surface area (Å²) >= 11 is 6.06. The second-order valence-corrected chi connectivity index (χ2v) is 10.2. The summed E-state index contributed by atoms with van der Waals surface area (Å²) in [5.41, 5.74) is 3.61. The number of ether oxygens (including phenoxy) is 2. The van der Waals surface area contributed by atoms with E-state index in [2.05, 4.69) is 23.9 Å². The maximum atomic E-state index is 13.5. The predicted octanol–water partition coefficient (Wildman–Crippen LogP) is 5.62. The lowest BCUT2D eigenvalue weighted by Crippen LogP contribution is -2.33. The number of nitrogens with zero attached hydrogens (tertiary/aromatic N) is 4. The summed E-state index contributed by atoms with van der Waals surface area (Å²) in [5, 5.41) is 5.29. The zero-order chi connectivity index (χ0) is 24.3. The summed E-state index contributed by atoms with van der Waals surface area (Å²) in [4.78, 5) is 23.0. The molecule has 176 valence electrons. The van der Waals surface area contributed by atoms with Gasteiger partial charge in [-0.2, -0.15) is 0 Å². The van der Waals surface area contributed by atoms with Gasteiger partial charge in [-0.05, 0) is 47.4 Å². The summed E-state index contributed by atoms with van der Waals surface area (Å²) in [6.07, 6.45) is 2.72. The Morgan fingerprint density at radius 3 is 2.54 bits per heavy atom. The van der Waals surface area contributed by atoms with E-state index in [9.17, 15) is 4.79 Å². The molecule has 1 atom stereocenters. The summed E-state index contributed by atoms with van der Waals surface area (Å²) in [6.45, 7) is 4.17. The first-order chi connectivity index (χ1) is 16.8. The number of allylic oxidation sites excluding steroid dienone is 2. The number of aromatic nitrogens is 4. The predicted molar refractivity (Wildman–Crippen MR) is 132 cm³/mol. The molecule has 6 rings (SSSR count). The highest BCUT2D eigenvalue weighted by Gasteiger charge is 2.44. The average Bonchev–Trinajstić information content (AvgIpc) is 3.27. The monoisotopic (exact) mass is 486 g/mol. The van der Waals surface area contributed by atoms with E-state index in [1.54, 1.807) is 30.1 Å². The van der Waals surface area contributed by atoms with Gasteiger partial charge in [-0.25, -0.2) is 14.5 Å². The quantitative estimate of drug-likeness (QED) is 0.374. The van der Waals surface area contributed by atoms with Crippen LogP contribution in [0.4, 0.5) is 0 Å². The molecule has 0 unspecified atom stereocenters. The van der Waals surface area contributed by atoms with Crippen LogP contribution in [0.1, 0.15) is 43.7 Å². The fourth-order valence-electron chi connectivity index (χ4n) is 5.00. The Kier molecular flexibility index (Phi) is 4.93. The smallest absolute Gasteiger partial charge is 0.228 e. The molecule has 0 saturated carbocycles. The number of carbonyl (C=O) groups is 1. The van der Waals surface area contributed by atoms with Crippen molar-refractivity contribution in [1.29, 1.82) is 0 Å². The Balaban J connectivity index is 1.58. The minimum absolute atomic E-state index is 0.0853. The van der Waals surface area contributed by atoms with Crippen molar-refractivity contribution >= 4 is 23.0 Å². The minimum atomic E-state index is -0.373. The topological polar surface area (TPSA) is 78.6 Å². The molecule has 1 aliphatic heterocycles. The van der Waals surface area contributed by atoms with Crippen LogP contribution >= 0.6 is 11.6 Å². The summed E-state index contributed by atoms with van der Waals surface area (Å²) in [6, 6.07) is 15.1. The first-order valence-corrected chi connectivity index (χ1v) is 11.8. The van der Waals surface area contributed by atoms with Gasteiger partial charge in [-0.15, -0.1) is 5.10 Å². The number of Topliss-reactive ketones (excluding diaryl/α,β-unsaturated/α-hetero) is 1. The molecule has 0 saturated heterocycles. The van der Waals surface area contributed by atoms with Crippen LogP contribution in [0, 0.1) is 5.41 Å². The van der Waals surface area contributed by atoms with Gasteiger partial charge in [-0.3, -0.25) is 4.79 Å². The number of carbonyl (C=O) groups excluding carboxylic acids is 1. The third kappa shape index (κ3) is 3.67. The van der Waals surface area contributed by atoms with Crippen molar-refractivity contribution in [3.8, 4) is 23.0 Å². The van der Waals surface area contributed by atoms with Gasteiger partial charge >= 0.3 is 0 Å². The first kappa shape index (κ1) is 21.8. The molecule has 8 heteroatoms. The van der Waals surface area contributed by atoms with E-state index in [4.69, 9.17) is 26.1 Å². The Morgan fingerprint density at radius 2 is 1.83 bits per heavy atom. The fraction of sp³-hybridized carbons (Fsp3) is 0.259. The Hall–Kier alpha value is -3.71. The molecular weight excluding hydrogens is 464 g/mol. The Bertz CT molecular complexity index is 1500. The van der Waals surface area contributed by atoms with E-state index in [0.29, 0.717) is 46.5 Å². The van der Waals surface area contributed by atoms with Gasteiger partial charge in [0.25, 0.3) is 0 Å². The molecule has 0 fully saturated rings. The van der Waals surface area contributed by atoms with Crippen molar-refractivity contribution in [2.45, 2.75) is 32.6 Å². The lowest BCUT2D eigenvalue weighted by Gasteiger charge is -2.37. The average molecular weight is 487 g/mol. The number of fused-ring (bicyclic) bond motifs is 3. The Labute approximate surface area is 207 Å². The fourth-order valence-corrected chi connectivity index (χ4v) is 5.12. The molecule has 2 aromatic heterocycles. The molecule has 0 radical (unpaired) electrons. The largest absolute Gasteiger partial charge is 0.497 e. The first-order valence-electron chi connectivity index (χ1n) is 11.4. The van der Waals surface area contributed by atoms with E-state index in [1.165, 1.54) is 0 Å². The number of benzene rings is 2. The number of methoxy groups -OCH3 is 1. The molecule has 3 heterocycles. The molecule has 7 nitrogen and oxygen atoms in total. The summed E-state index contributed by atoms with van der Waals surface area (Å²) in [5.74, 6) is 2.15. The van der Waals surface area contributed by atoms with Crippen LogP contribution in [-0.2, 0) is 4.79 Å². The zero-order valence-corrected chi connectivity index (χ0v) is 20.3. The van der Waals surface area contributed by atoms with E-state index in [1.807, 2.05) is 36.4 Å². The molecule has 0 N–H and O–H groups in total. The van der Waals surface area contributed by atoms with Crippen molar-refractivity contribution in [3.63, 3.8) is 0 Å². The van der Waals surface area contributed by atoms with Crippen LogP contribution < -0.4 is 9.47 Å². The normalized spacial score (nSPS) is 18.7. The maximum Gasteiger partial charge on any atom is 0.228 e. The molecule has 0 bridgehead atoms. The summed E-state index contributed by atoms with van der Waals surface area (Å²) in [7, 11) is 1.63. The van der Waals surface area contributed by atoms with Crippen LogP contribution in [0.3, 0.4) is 0 Å². The molecular formula is C27H23ClN4O3. The number of halogens is 1. The second-order valence-electron chi connectivity index (χ2n) is 9.76. The number of hydrogen-bond donors (Lipinski definition) is 0. The number of ketones is 1. The van der Waals surface area contributed by atoms with Gasteiger partial charge in [0.05, 0.1) is 12.7 Å². The number of hydrogen-bond acceptors (Lipinski definition) is 6.